The van der Waals surface area contributed by atoms with Crippen LogP contribution < -0.4 is 16.1 Å². The minimum Gasteiger partial charge on any atom is -0.340 e. The fraction of sp³-hybridized carbons (Fsp3) is 0. The van der Waals surface area contributed by atoms with Crippen LogP contribution in [0.4, 0.5) is 17.2 Å². The second-order valence-corrected chi connectivity index (χ2v) is 9.37. The number of hydrogen-bond donors (Lipinski definition) is 3. The number of H-pyrrole nitrogens is 1. The van der Waals surface area contributed by atoms with Crippen LogP contribution in [0.1, 0.15) is 10.4 Å². The summed E-state index contributed by atoms with van der Waals surface area (Å²) in [5, 5.41) is 7.48. The number of nitrogens with one attached hydrogen (secondary N) is 3. The van der Waals surface area contributed by atoms with Crippen LogP contribution in [0.5, 0.6) is 0 Å². The van der Waals surface area contributed by atoms with Crippen molar-refractivity contribution in [3.05, 3.63) is 94.5 Å². The Labute approximate surface area is 217 Å². The summed E-state index contributed by atoms with van der Waals surface area (Å²) in [6.45, 7) is 0. The Bertz CT molecular complexity index is 1490. The van der Waals surface area contributed by atoms with Crippen molar-refractivity contribution in [3.8, 4) is 0 Å². The Kier molecular flexibility index (Phi) is 7.01. The molecule has 0 bridgehead atoms. The maximum Gasteiger partial charge on any atom is 0.263 e. The molecule has 1 heterocycles. The fourth-order valence-electron chi connectivity index (χ4n) is 3.13. The highest BCUT2D eigenvalue weighted by Gasteiger charge is 2.22. The maximum absolute atomic E-state index is 13.4. The third-order valence-corrected chi connectivity index (χ3v) is 6.24. The number of benzene rings is 3. The molecule has 0 spiro atoms. The first-order valence-electron chi connectivity index (χ1n) is 9.17. The molecule has 168 valence electrons. The number of rotatable bonds is 4. The zero-order valence-electron chi connectivity index (χ0n) is 16.2. The van der Waals surface area contributed by atoms with Crippen LogP contribution in [0.25, 0.3) is 10.9 Å². The van der Waals surface area contributed by atoms with Crippen LogP contribution >= 0.6 is 69.6 Å². The lowest BCUT2D eigenvalue weighted by Gasteiger charge is -2.16. The van der Waals surface area contributed by atoms with Gasteiger partial charge >= 0.3 is 0 Å². The third-order valence-electron chi connectivity index (χ3n) is 4.62. The first-order chi connectivity index (χ1) is 15.6. The van der Waals surface area contributed by atoms with E-state index < -0.39 is 11.3 Å². The molecule has 3 N–H and O–H groups in total. The van der Waals surface area contributed by atoms with E-state index in [1.54, 1.807) is 18.2 Å². The molecule has 0 aliphatic rings. The highest BCUT2D eigenvalue weighted by molar-refractivity contribution is 6.39. The highest BCUT2D eigenvalue weighted by atomic mass is 35.5. The van der Waals surface area contributed by atoms with Gasteiger partial charge in [0.15, 0.2) is 0 Å². The zero-order valence-corrected chi connectivity index (χ0v) is 20.7. The van der Waals surface area contributed by atoms with E-state index in [2.05, 4.69) is 15.6 Å². The van der Waals surface area contributed by atoms with Gasteiger partial charge in [-0.2, -0.15) is 0 Å². The van der Waals surface area contributed by atoms with Crippen molar-refractivity contribution >= 4 is 104 Å². The molecule has 4 rings (SSSR count). The molecule has 33 heavy (non-hydrogen) atoms. The smallest absolute Gasteiger partial charge is 0.263 e. The highest BCUT2D eigenvalue weighted by Crippen LogP contribution is 2.32. The maximum atomic E-state index is 13.4. The van der Waals surface area contributed by atoms with Gasteiger partial charge in [0, 0.05) is 20.5 Å². The molecule has 0 radical (unpaired) electrons. The van der Waals surface area contributed by atoms with Crippen molar-refractivity contribution in [1.29, 1.82) is 0 Å². The molecule has 0 atom stereocenters. The van der Waals surface area contributed by atoms with Gasteiger partial charge in [-0.3, -0.25) is 9.59 Å². The van der Waals surface area contributed by atoms with E-state index in [0.717, 1.165) is 0 Å². The van der Waals surface area contributed by atoms with E-state index in [1.165, 1.54) is 30.3 Å². The Morgan fingerprint density at radius 3 is 1.91 bits per heavy atom. The molecule has 3 aromatic carbocycles. The number of aromatic amines is 1. The summed E-state index contributed by atoms with van der Waals surface area (Å²) in [5.74, 6) is -0.672. The number of carbonyl (C=O) groups is 1. The van der Waals surface area contributed by atoms with Crippen LogP contribution in [-0.4, -0.2) is 10.9 Å². The van der Waals surface area contributed by atoms with Gasteiger partial charge < -0.3 is 15.6 Å². The van der Waals surface area contributed by atoms with Crippen molar-refractivity contribution in [2.24, 2.45) is 0 Å². The molecule has 0 saturated carbocycles. The number of fused-ring (bicyclic) bond motifs is 1. The lowest BCUT2D eigenvalue weighted by atomic mass is 10.1. The van der Waals surface area contributed by atoms with Crippen molar-refractivity contribution < 1.29 is 4.79 Å². The summed E-state index contributed by atoms with van der Waals surface area (Å²) in [6, 6.07) is 12.2. The van der Waals surface area contributed by atoms with Gasteiger partial charge in [-0.15, -0.1) is 0 Å². The van der Waals surface area contributed by atoms with Gasteiger partial charge in [0.2, 0.25) is 5.43 Å². The van der Waals surface area contributed by atoms with E-state index in [0.29, 0.717) is 21.2 Å². The van der Waals surface area contributed by atoms with Crippen molar-refractivity contribution in [1.82, 2.24) is 4.98 Å². The number of carbonyl (C=O) groups excluding carboxylic acids is 1. The average molecular weight is 562 g/mol. The van der Waals surface area contributed by atoms with Crippen LogP contribution in [0.2, 0.25) is 30.1 Å². The van der Waals surface area contributed by atoms with Crippen LogP contribution in [0.15, 0.2) is 53.3 Å². The number of aromatic nitrogens is 1. The number of hydrogen-bond acceptors (Lipinski definition) is 3. The second kappa shape index (κ2) is 9.63. The van der Waals surface area contributed by atoms with Crippen LogP contribution in [0.3, 0.4) is 0 Å². The Morgan fingerprint density at radius 1 is 0.727 bits per heavy atom. The summed E-state index contributed by atoms with van der Waals surface area (Å²) < 4.78 is 0. The van der Waals surface area contributed by atoms with Gasteiger partial charge in [0.25, 0.3) is 5.91 Å². The lowest BCUT2D eigenvalue weighted by Crippen LogP contribution is -2.24. The van der Waals surface area contributed by atoms with Gasteiger partial charge in [0.1, 0.15) is 11.4 Å². The number of halogens is 6. The van der Waals surface area contributed by atoms with Crippen molar-refractivity contribution in [2.75, 3.05) is 10.6 Å². The molecule has 0 aliphatic heterocycles. The predicted molar refractivity (Wildman–Crippen MR) is 139 cm³/mol. The molecule has 4 aromatic rings. The zero-order chi connectivity index (χ0) is 23.9. The first-order valence-corrected chi connectivity index (χ1v) is 11.4. The standard InChI is InChI=1S/C22H11Cl6N3O2/c23-9-1-3-16(13(26)6-9)29-21-18(22(33)30-17-4-2-10(24)7-14(17)27)20(32)12-5-11(25)8-15(28)19(12)31-21/h1-8H,(H,30,33)(H2,29,31,32). The molecule has 0 unspecified atom stereocenters. The molecule has 0 aliphatic carbocycles. The first kappa shape index (κ1) is 24.0. The summed E-state index contributed by atoms with van der Waals surface area (Å²) in [4.78, 5) is 29.7. The minimum atomic E-state index is -0.731. The molecule has 0 fully saturated rings. The minimum absolute atomic E-state index is 0.0588. The van der Waals surface area contributed by atoms with Gasteiger partial charge in [-0.25, -0.2) is 0 Å². The molecule has 1 aromatic heterocycles. The quantitative estimate of drug-likeness (QED) is 0.234. The van der Waals surface area contributed by atoms with E-state index in [9.17, 15) is 9.59 Å². The average Bonchev–Trinajstić information content (AvgIpc) is 2.73. The number of amides is 1. The molecule has 11 heteroatoms. The van der Waals surface area contributed by atoms with Gasteiger partial charge in [0.05, 0.1) is 32.0 Å². The van der Waals surface area contributed by atoms with Crippen molar-refractivity contribution in [2.45, 2.75) is 0 Å². The summed E-state index contributed by atoms with van der Waals surface area (Å²) in [6.07, 6.45) is 0. The molecular formula is C22H11Cl6N3O2. The summed E-state index contributed by atoms with van der Waals surface area (Å²) >= 11 is 36.7. The van der Waals surface area contributed by atoms with Crippen molar-refractivity contribution in [3.63, 3.8) is 0 Å². The van der Waals surface area contributed by atoms with E-state index in [-0.39, 0.29) is 42.5 Å². The van der Waals surface area contributed by atoms with E-state index in [1.807, 2.05) is 0 Å². The lowest BCUT2D eigenvalue weighted by molar-refractivity contribution is 0.102. The Hall–Kier alpha value is -2.12. The largest absolute Gasteiger partial charge is 0.340 e. The molecular weight excluding hydrogens is 551 g/mol. The fourth-order valence-corrected chi connectivity index (χ4v) is 4.58. The van der Waals surface area contributed by atoms with Gasteiger partial charge in [-0.05, 0) is 48.5 Å². The third kappa shape index (κ3) is 5.04. The topological polar surface area (TPSA) is 74.0 Å². The van der Waals surface area contributed by atoms with Crippen LogP contribution in [-0.2, 0) is 0 Å². The van der Waals surface area contributed by atoms with E-state index >= 15 is 0 Å². The second-order valence-electron chi connectivity index (χ2n) is 6.84. The summed E-state index contributed by atoms with van der Waals surface area (Å²) in [7, 11) is 0. The molecule has 5 nitrogen and oxygen atoms in total. The predicted octanol–water partition coefficient (Wildman–Crippen LogP) is 8.44. The number of anilines is 3. The number of pyridine rings is 1. The molecule has 0 saturated heterocycles. The Balaban J connectivity index is 1.89. The van der Waals surface area contributed by atoms with Gasteiger partial charge in [-0.1, -0.05) is 69.6 Å². The summed E-state index contributed by atoms with van der Waals surface area (Å²) in [5.41, 5.74) is 0.116. The normalized spacial score (nSPS) is 11.0. The van der Waals surface area contributed by atoms with Crippen LogP contribution in [0, 0.1) is 0 Å². The van der Waals surface area contributed by atoms with E-state index in [4.69, 9.17) is 69.6 Å². The monoisotopic (exact) mass is 559 g/mol. The Morgan fingerprint density at radius 2 is 1.30 bits per heavy atom. The molecule has 1 amide bonds. The SMILES string of the molecule is O=C(Nc1ccc(Cl)cc1Cl)c1c(Nc2ccc(Cl)cc2Cl)[nH]c2c(Cl)cc(Cl)cc2c1=O.